The summed E-state index contributed by atoms with van der Waals surface area (Å²) in [7, 11) is 0. The molecule has 1 aromatic heterocycles. The Morgan fingerprint density at radius 2 is 1.39 bits per heavy atom. The largest absolute Gasteiger partial charge is 0.352 e. The van der Waals surface area contributed by atoms with E-state index in [4.69, 9.17) is 4.98 Å². The predicted molar refractivity (Wildman–Crippen MR) is 131 cm³/mol. The zero-order valence-corrected chi connectivity index (χ0v) is 18.9. The summed E-state index contributed by atoms with van der Waals surface area (Å²) in [6.07, 6.45) is 13.0. The summed E-state index contributed by atoms with van der Waals surface area (Å²) >= 11 is 0. The van der Waals surface area contributed by atoms with Crippen LogP contribution in [0, 0.1) is 0 Å². The number of nitrogens with zero attached hydrogens (tertiary/aromatic N) is 1. The van der Waals surface area contributed by atoms with E-state index in [1.54, 1.807) is 0 Å². The van der Waals surface area contributed by atoms with Crippen LogP contribution in [-0.4, -0.2) is 17.4 Å². The van der Waals surface area contributed by atoms with Gasteiger partial charge in [0.15, 0.2) is 0 Å². The molecule has 0 aliphatic carbocycles. The maximum Gasteiger partial charge on any atom is 0.252 e. The number of hydrogen-bond donors (Lipinski definition) is 1. The first-order chi connectivity index (χ1) is 15.3. The van der Waals surface area contributed by atoms with Crippen LogP contribution in [0.15, 0.2) is 60.7 Å². The molecule has 31 heavy (non-hydrogen) atoms. The SMILES string of the molecule is CCCCCCCCCCCCNC(=O)c1cc(-c2ccccc2)nc2ccccc12. The molecule has 0 spiro atoms. The Balaban J connectivity index is 1.49. The van der Waals surface area contributed by atoms with Gasteiger partial charge >= 0.3 is 0 Å². The van der Waals surface area contributed by atoms with E-state index in [2.05, 4.69) is 12.2 Å². The summed E-state index contributed by atoms with van der Waals surface area (Å²) in [6.45, 7) is 2.99. The van der Waals surface area contributed by atoms with Crippen LogP contribution in [0.25, 0.3) is 22.2 Å². The number of carbonyl (C=O) groups is 1. The van der Waals surface area contributed by atoms with Gasteiger partial charge in [0, 0.05) is 17.5 Å². The molecule has 2 aromatic carbocycles. The van der Waals surface area contributed by atoms with Crippen LogP contribution in [0.2, 0.25) is 0 Å². The monoisotopic (exact) mass is 416 g/mol. The van der Waals surface area contributed by atoms with Crippen molar-refractivity contribution in [1.82, 2.24) is 10.3 Å². The van der Waals surface area contributed by atoms with E-state index in [9.17, 15) is 4.79 Å². The third-order valence-corrected chi connectivity index (χ3v) is 5.85. The van der Waals surface area contributed by atoms with E-state index in [-0.39, 0.29) is 5.91 Å². The van der Waals surface area contributed by atoms with Crippen LogP contribution in [-0.2, 0) is 0 Å². The van der Waals surface area contributed by atoms with Crippen LogP contribution in [0.4, 0.5) is 0 Å². The molecule has 0 fully saturated rings. The molecule has 0 bridgehead atoms. The summed E-state index contributed by atoms with van der Waals surface area (Å²) < 4.78 is 0. The molecule has 164 valence electrons. The van der Waals surface area contributed by atoms with Gasteiger partial charge in [-0.1, -0.05) is 113 Å². The highest BCUT2D eigenvalue weighted by Crippen LogP contribution is 2.24. The van der Waals surface area contributed by atoms with Gasteiger partial charge in [0.1, 0.15) is 0 Å². The van der Waals surface area contributed by atoms with Crippen molar-refractivity contribution >= 4 is 16.8 Å². The summed E-state index contributed by atoms with van der Waals surface area (Å²) in [6, 6.07) is 19.9. The van der Waals surface area contributed by atoms with Gasteiger partial charge in [-0.25, -0.2) is 4.98 Å². The lowest BCUT2D eigenvalue weighted by Gasteiger charge is -2.11. The summed E-state index contributed by atoms with van der Waals surface area (Å²) in [5.74, 6) is -0.00768. The zero-order valence-electron chi connectivity index (χ0n) is 18.9. The fourth-order valence-electron chi connectivity index (χ4n) is 4.03. The lowest BCUT2D eigenvalue weighted by Crippen LogP contribution is -2.24. The smallest absolute Gasteiger partial charge is 0.252 e. The molecule has 0 radical (unpaired) electrons. The number of fused-ring (bicyclic) bond motifs is 1. The van der Waals surface area contributed by atoms with Crippen molar-refractivity contribution in [2.45, 2.75) is 71.1 Å². The van der Waals surface area contributed by atoms with Gasteiger partial charge in [-0.2, -0.15) is 0 Å². The molecule has 0 unspecified atom stereocenters. The molecule has 0 saturated carbocycles. The molecule has 3 aromatic rings. The Morgan fingerprint density at radius 1 is 0.774 bits per heavy atom. The molecular formula is C28H36N2O. The molecule has 3 heteroatoms. The van der Waals surface area contributed by atoms with Crippen molar-refractivity contribution < 1.29 is 4.79 Å². The number of amides is 1. The highest BCUT2D eigenvalue weighted by molar-refractivity contribution is 6.07. The second kappa shape index (κ2) is 12.9. The van der Waals surface area contributed by atoms with Gasteiger partial charge in [-0.15, -0.1) is 0 Å². The number of pyridine rings is 1. The number of unbranched alkanes of at least 4 members (excludes halogenated alkanes) is 9. The van der Waals surface area contributed by atoms with Crippen LogP contribution in [0.3, 0.4) is 0 Å². The topological polar surface area (TPSA) is 42.0 Å². The van der Waals surface area contributed by atoms with E-state index in [1.807, 2.05) is 60.7 Å². The zero-order chi connectivity index (χ0) is 21.7. The van der Waals surface area contributed by atoms with Crippen molar-refractivity contribution in [2.75, 3.05) is 6.54 Å². The first-order valence-corrected chi connectivity index (χ1v) is 12.0. The van der Waals surface area contributed by atoms with E-state index < -0.39 is 0 Å². The van der Waals surface area contributed by atoms with E-state index in [0.717, 1.165) is 35.1 Å². The quantitative estimate of drug-likeness (QED) is 0.292. The Bertz CT molecular complexity index is 936. The highest BCUT2D eigenvalue weighted by Gasteiger charge is 2.13. The van der Waals surface area contributed by atoms with Gasteiger partial charge < -0.3 is 5.32 Å². The number of hydrogen-bond acceptors (Lipinski definition) is 2. The van der Waals surface area contributed by atoms with E-state index in [1.165, 1.54) is 57.8 Å². The number of nitrogens with one attached hydrogen (secondary N) is 1. The minimum absolute atomic E-state index is 0.00768. The third-order valence-electron chi connectivity index (χ3n) is 5.85. The minimum Gasteiger partial charge on any atom is -0.352 e. The van der Waals surface area contributed by atoms with Gasteiger partial charge in [0.2, 0.25) is 0 Å². The average molecular weight is 417 g/mol. The molecule has 0 aliphatic heterocycles. The molecule has 1 heterocycles. The second-order valence-corrected chi connectivity index (χ2v) is 8.38. The van der Waals surface area contributed by atoms with Crippen LogP contribution < -0.4 is 5.32 Å². The molecule has 3 rings (SSSR count). The fraction of sp³-hybridized carbons (Fsp3) is 0.429. The molecule has 3 nitrogen and oxygen atoms in total. The Kier molecular flexibility index (Phi) is 9.56. The van der Waals surface area contributed by atoms with Crippen molar-refractivity contribution in [3.8, 4) is 11.3 Å². The fourth-order valence-corrected chi connectivity index (χ4v) is 4.03. The molecule has 0 atom stereocenters. The third kappa shape index (κ3) is 7.20. The van der Waals surface area contributed by atoms with Gasteiger partial charge in [-0.05, 0) is 18.6 Å². The van der Waals surface area contributed by atoms with Crippen LogP contribution in [0.5, 0.6) is 0 Å². The Labute approximate surface area is 187 Å². The van der Waals surface area contributed by atoms with Crippen molar-refractivity contribution in [2.24, 2.45) is 0 Å². The second-order valence-electron chi connectivity index (χ2n) is 8.38. The molecular weight excluding hydrogens is 380 g/mol. The van der Waals surface area contributed by atoms with Crippen molar-refractivity contribution in [3.63, 3.8) is 0 Å². The van der Waals surface area contributed by atoms with Crippen LogP contribution >= 0.6 is 0 Å². The predicted octanol–water partition coefficient (Wildman–Crippen LogP) is 7.55. The number of aromatic nitrogens is 1. The molecule has 0 aliphatic rings. The summed E-state index contributed by atoms with van der Waals surface area (Å²) in [4.78, 5) is 17.7. The molecule has 1 N–H and O–H groups in total. The minimum atomic E-state index is -0.00768. The first kappa shape index (κ1) is 23.0. The number of carbonyl (C=O) groups excluding carboxylic acids is 1. The number of para-hydroxylation sites is 1. The Hall–Kier alpha value is -2.68. The maximum atomic E-state index is 13.0. The summed E-state index contributed by atoms with van der Waals surface area (Å²) in [5, 5.41) is 4.03. The molecule has 1 amide bonds. The van der Waals surface area contributed by atoms with Gasteiger partial charge in [0.05, 0.1) is 16.8 Å². The van der Waals surface area contributed by atoms with Crippen molar-refractivity contribution in [3.05, 3.63) is 66.2 Å². The lowest BCUT2D eigenvalue weighted by atomic mass is 10.0. The van der Waals surface area contributed by atoms with Crippen LogP contribution in [0.1, 0.15) is 81.5 Å². The van der Waals surface area contributed by atoms with Crippen molar-refractivity contribution in [1.29, 1.82) is 0 Å². The standard InChI is InChI=1S/C28H36N2O/c1-2-3-4-5-6-7-8-9-10-16-21-29-28(31)25-22-27(23-17-12-11-13-18-23)30-26-20-15-14-19-24(25)26/h11-15,17-20,22H,2-10,16,21H2,1H3,(H,29,31). The maximum absolute atomic E-state index is 13.0. The van der Waals surface area contributed by atoms with Gasteiger partial charge in [-0.3, -0.25) is 4.79 Å². The number of rotatable bonds is 13. The highest BCUT2D eigenvalue weighted by atomic mass is 16.1. The van der Waals surface area contributed by atoms with E-state index >= 15 is 0 Å². The normalized spacial score (nSPS) is 11.0. The Morgan fingerprint density at radius 3 is 2.10 bits per heavy atom. The van der Waals surface area contributed by atoms with Gasteiger partial charge in [0.25, 0.3) is 5.91 Å². The first-order valence-electron chi connectivity index (χ1n) is 12.0. The van der Waals surface area contributed by atoms with E-state index in [0.29, 0.717) is 5.56 Å². The lowest BCUT2D eigenvalue weighted by molar-refractivity contribution is 0.0954. The number of benzene rings is 2. The molecule has 0 saturated heterocycles. The summed E-state index contributed by atoms with van der Waals surface area (Å²) in [5.41, 5.74) is 3.42. The average Bonchev–Trinajstić information content (AvgIpc) is 2.82.